The smallest absolute Gasteiger partial charge is 0.244 e. The van der Waals surface area contributed by atoms with Gasteiger partial charge in [0.1, 0.15) is 16.4 Å². The van der Waals surface area contributed by atoms with E-state index in [1.54, 1.807) is 13.8 Å². The highest BCUT2D eigenvalue weighted by Gasteiger charge is 2.30. The van der Waals surface area contributed by atoms with Gasteiger partial charge in [0.15, 0.2) is 0 Å². The van der Waals surface area contributed by atoms with Gasteiger partial charge in [0.05, 0.1) is 12.7 Å². The quantitative estimate of drug-likeness (QED) is 0.873. The minimum atomic E-state index is -3.70. The van der Waals surface area contributed by atoms with Gasteiger partial charge in [-0.1, -0.05) is 0 Å². The van der Waals surface area contributed by atoms with E-state index < -0.39 is 10.0 Å². The summed E-state index contributed by atoms with van der Waals surface area (Å²) < 4.78 is 38.4. The molecule has 7 heteroatoms. The minimum absolute atomic E-state index is 0.0425. The van der Waals surface area contributed by atoms with Crippen LogP contribution >= 0.6 is 0 Å². The van der Waals surface area contributed by atoms with E-state index in [1.807, 2.05) is 6.92 Å². The Morgan fingerprint density at radius 3 is 2.65 bits per heavy atom. The van der Waals surface area contributed by atoms with Crippen LogP contribution in [0.3, 0.4) is 0 Å². The topological polar surface area (TPSA) is 88.8 Å². The van der Waals surface area contributed by atoms with E-state index in [0.29, 0.717) is 36.5 Å². The molecule has 0 aliphatic carbocycles. The monoisotopic (exact) mass is 303 g/mol. The predicted octanol–water partition coefficient (Wildman–Crippen LogP) is 1.23. The molecule has 1 saturated heterocycles. The summed E-state index contributed by atoms with van der Waals surface area (Å²) >= 11 is 0. The van der Waals surface area contributed by atoms with Gasteiger partial charge in [0, 0.05) is 18.2 Å². The summed E-state index contributed by atoms with van der Waals surface area (Å²) in [6.45, 7) is 5.35. The maximum absolute atomic E-state index is 12.5. The van der Waals surface area contributed by atoms with Crippen LogP contribution in [0.15, 0.2) is 9.31 Å². The fourth-order valence-corrected chi connectivity index (χ4v) is 4.35. The second kappa shape index (κ2) is 5.85. The second-order valence-corrected chi connectivity index (χ2v) is 6.86. The summed E-state index contributed by atoms with van der Waals surface area (Å²) in [6, 6.07) is -0.148. The highest BCUT2D eigenvalue weighted by atomic mass is 32.2. The Kier molecular flexibility index (Phi) is 4.53. The molecule has 0 spiro atoms. The molecule has 20 heavy (non-hydrogen) atoms. The maximum Gasteiger partial charge on any atom is 0.244 e. The van der Waals surface area contributed by atoms with Gasteiger partial charge in [-0.15, -0.1) is 0 Å². The first kappa shape index (κ1) is 15.5. The highest BCUT2D eigenvalue weighted by Crippen LogP contribution is 2.27. The lowest BCUT2D eigenvalue weighted by Gasteiger charge is -2.27. The van der Waals surface area contributed by atoms with Crippen molar-refractivity contribution in [3.63, 3.8) is 0 Å². The SMILES string of the molecule is Cc1oc(C)c(S(=O)(=O)NC2CCOC(C)C2)c1CO. The largest absolute Gasteiger partial charge is 0.465 e. The summed E-state index contributed by atoms with van der Waals surface area (Å²) in [7, 11) is -3.70. The molecule has 0 aromatic carbocycles. The molecular formula is C13H21NO5S. The number of furan rings is 1. The highest BCUT2D eigenvalue weighted by molar-refractivity contribution is 7.89. The molecule has 1 fully saturated rings. The summed E-state index contributed by atoms with van der Waals surface area (Å²) in [5.41, 5.74) is 0.329. The number of rotatable bonds is 4. The Labute approximate surface area is 119 Å². The zero-order chi connectivity index (χ0) is 14.9. The third-order valence-corrected chi connectivity index (χ3v) is 5.27. The third-order valence-electron chi connectivity index (χ3n) is 3.56. The Morgan fingerprint density at radius 1 is 1.35 bits per heavy atom. The number of ether oxygens (including phenoxy) is 1. The van der Waals surface area contributed by atoms with Crippen molar-refractivity contribution >= 4 is 10.0 Å². The lowest BCUT2D eigenvalue weighted by atomic mass is 10.1. The van der Waals surface area contributed by atoms with Gasteiger partial charge in [0.2, 0.25) is 10.0 Å². The number of aliphatic hydroxyl groups is 1. The molecule has 2 unspecified atom stereocenters. The Hall–Kier alpha value is -0.890. The van der Waals surface area contributed by atoms with Crippen LogP contribution in [0.4, 0.5) is 0 Å². The van der Waals surface area contributed by atoms with Crippen LogP contribution in [0.2, 0.25) is 0 Å². The molecular weight excluding hydrogens is 282 g/mol. The number of aryl methyl sites for hydroxylation is 2. The number of nitrogens with one attached hydrogen (secondary N) is 1. The summed E-state index contributed by atoms with van der Waals surface area (Å²) in [4.78, 5) is 0.0663. The third kappa shape index (κ3) is 3.06. The van der Waals surface area contributed by atoms with Crippen molar-refractivity contribution in [2.75, 3.05) is 6.61 Å². The lowest BCUT2D eigenvalue weighted by Crippen LogP contribution is -2.41. The Bertz CT molecular complexity index is 578. The normalized spacial score (nSPS) is 24.0. The van der Waals surface area contributed by atoms with Gasteiger partial charge < -0.3 is 14.3 Å². The number of aliphatic hydroxyl groups excluding tert-OH is 1. The molecule has 0 saturated carbocycles. The van der Waals surface area contributed by atoms with Crippen LogP contribution < -0.4 is 4.72 Å². The molecule has 1 aliphatic heterocycles. The molecule has 2 N–H and O–H groups in total. The van der Waals surface area contributed by atoms with E-state index in [2.05, 4.69) is 4.72 Å². The van der Waals surface area contributed by atoms with Gasteiger partial charge in [-0.2, -0.15) is 0 Å². The average Bonchev–Trinajstić information content (AvgIpc) is 2.63. The van der Waals surface area contributed by atoms with Crippen molar-refractivity contribution in [1.29, 1.82) is 0 Å². The molecule has 0 amide bonds. The number of sulfonamides is 1. The fraction of sp³-hybridized carbons (Fsp3) is 0.692. The minimum Gasteiger partial charge on any atom is -0.465 e. The van der Waals surface area contributed by atoms with Gasteiger partial charge in [-0.25, -0.2) is 13.1 Å². The molecule has 0 radical (unpaired) electrons. The molecule has 2 heterocycles. The second-order valence-electron chi connectivity index (χ2n) is 5.20. The van der Waals surface area contributed by atoms with Crippen LogP contribution in [0.1, 0.15) is 36.8 Å². The Balaban J connectivity index is 2.26. The van der Waals surface area contributed by atoms with Crippen LogP contribution in [-0.2, 0) is 21.4 Å². The van der Waals surface area contributed by atoms with E-state index in [4.69, 9.17) is 9.15 Å². The first-order valence-electron chi connectivity index (χ1n) is 6.68. The molecule has 114 valence electrons. The van der Waals surface area contributed by atoms with Crippen molar-refractivity contribution in [2.45, 2.75) is 57.3 Å². The van der Waals surface area contributed by atoms with Gasteiger partial charge in [-0.05, 0) is 33.6 Å². The molecule has 0 bridgehead atoms. The molecule has 2 atom stereocenters. The van der Waals surface area contributed by atoms with Gasteiger partial charge in [0.25, 0.3) is 0 Å². The van der Waals surface area contributed by atoms with Crippen molar-refractivity contribution in [3.05, 3.63) is 17.1 Å². The van der Waals surface area contributed by atoms with E-state index >= 15 is 0 Å². The van der Waals surface area contributed by atoms with E-state index in [-0.39, 0.29) is 23.6 Å². The van der Waals surface area contributed by atoms with Crippen LogP contribution in [0.5, 0.6) is 0 Å². The predicted molar refractivity (Wildman–Crippen MR) is 72.9 cm³/mol. The van der Waals surface area contributed by atoms with Crippen molar-refractivity contribution in [1.82, 2.24) is 4.72 Å². The van der Waals surface area contributed by atoms with E-state index in [1.165, 1.54) is 0 Å². The van der Waals surface area contributed by atoms with Crippen molar-refractivity contribution < 1.29 is 22.7 Å². The van der Waals surface area contributed by atoms with Crippen molar-refractivity contribution in [2.24, 2.45) is 0 Å². The molecule has 1 aliphatic rings. The number of hydrogen-bond acceptors (Lipinski definition) is 5. The van der Waals surface area contributed by atoms with Gasteiger partial charge in [-0.3, -0.25) is 0 Å². The maximum atomic E-state index is 12.5. The lowest BCUT2D eigenvalue weighted by molar-refractivity contribution is 0.0173. The molecule has 6 nitrogen and oxygen atoms in total. The zero-order valence-corrected chi connectivity index (χ0v) is 12.8. The van der Waals surface area contributed by atoms with Crippen LogP contribution in [-0.4, -0.2) is 32.3 Å². The van der Waals surface area contributed by atoms with Crippen LogP contribution in [0.25, 0.3) is 0 Å². The van der Waals surface area contributed by atoms with Crippen LogP contribution in [0, 0.1) is 13.8 Å². The number of hydrogen-bond donors (Lipinski definition) is 2. The summed E-state index contributed by atoms with van der Waals surface area (Å²) in [6.07, 6.45) is 1.33. The fourth-order valence-electron chi connectivity index (χ4n) is 2.63. The van der Waals surface area contributed by atoms with Gasteiger partial charge >= 0.3 is 0 Å². The van der Waals surface area contributed by atoms with Crippen molar-refractivity contribution in [3.8, 4) is 0 Å². The molecule has 1 aromatic heterocycles. The average molecular weight is 303 g/mol. The first-order chi connectivity index (χ1) is 9.35. The first-order valence-corrected chi connectivity index (χ1v) is 8.17. The summed E-state index contributed by atoms with van der Waals surface area (Å²) in [5.74, 6) is 0.741. The Morgan fingerprint density at radius 2 is 2.05 bits per heavy atom. The zero-order valence-electron chi connectivity index (χ0n) is 12.0. The molecule has 2 rings (SSSR count). The molecule has 1 aromatic rings. The summed E-state index contributed by atoms with van der Waals surface area (Å²) in [5, 5.41) is 9.35. The standard InChI is InChI=1S/C13H21NO5S/c1-8-6-11(4-5-18-8)14-20(16,17)13-10(3)19-9(2)12(13)7-15/h8,11,14-15H,4-7H2,1-3H3. The van der Waals surface area contributed by atoms with E-state index in [9.17, 15) is 13.5 Å². The van der Waals surface area contributed by atoms with E-state index in [0.717, 1.165) is 0 Å².